The second-order valence-corrected chi connectivity index (χ2v) is 5.99. The van der Waals surface area contributed by atoms with Crippen molar-refractivity contribution in [3.8, 4) is 5.75 Å². The summed E-state index contributed by atoms with van der Waals surface area (Å²) in [5, 5.41) is -0.326. The van der Waals surface area contributed by atoms with Crippen LogP contribution in [0.15, 0.2) is 59.5 Å². The molecule has 2 aromatic rings. The van der Waals surface area contributed by atoms with E-state index in [1.165, 1.54) is 18.7 Å². The zero-order valence-corrected chi connectivity index (χ0v) is 12.7. The van der Waals surface area contributed by atoms with Crippen molar-refractivity contribution < 1.29 is 14.3 Å². The molecule has 21 heavy (non-hydrogen) atoms. The molecule has 0 spiro atoms. The highest BCUT2D eigenvalue weighted by Gasteiger charge is 2.17. The molecule has 2 rings (SSSR count). The minimum atomic E-state index is -0.329. The Hall–Kier alpha value is -2.07. The molecule has 0 aliphatic heterocycles. The highest BCUT2D eigenvalue weighted by molar-refractivity contribution is 8.00. The third-order valence-electron chi connectivity index (χ3n) is 2.85. The van der Waals surface area contributed by atoms with Crippen molar-refractivity contribution in [1.82, 2.24) is 0 Å². The maximum atomic E-state index is 12.1. The van der Waals surface area contributed by atoms with E-state index in [0.29, 0.717) is 11.3 Å². The van der Waals surface area contributed by atoms with Crippen molar-refractivity contribution in [1.29, 1.82) is 0 Å². The fourth-order valence-corrected chi connectivity index (χ4v) is 2.60. The molecule has 0 radical (unpaired) electrons. The molecule has 0 aromatic heterocycles. The predicted molar refractivity (Wildman–Crippen MR) is 83.8 cm³/mol. The normalized spacial score (nSPS) is 11.7. The number of hydrogen-bond acceptors (Lipinski definition) is 4. The molecular weight excluding hydrogens is 284 g/mol. The van der Waals surface area contributed by atoms with Gasteiger partial charge in [-0.25, -0.2) is 0 Å². The molecule has 108 valence electrons. The highest BCUT2D eigenvalue weighted by Crippen LogP contribution is 2.24. The summed E-state index contributed by atoms with van der Waals surface area (Å²) < 4.78 is 5.33. The van der Waals surface area contributed by atoms with E-state index < -0.39 is 0 Å². The van der Waals surface area contributed by atoms with Gasteiger partial charge in [-0.3, -0.25) is 9.59 Å². The summed E-state index contributed by atoms with van der Waals surface area (Å²) in [5.74, 6) is 0.0115. The molecule has 1 unspecified atom stereocenters. The SMILES string of the molecule is CC(=O)c1cccc(OC(=O)C(C)Sc2ccccc2)c1. The average molecular weight is 300 g/mol. The summed E-state index contributed by atoms with van der Waals surface area (Å²) in [6.45, 7) is 3.28. The Bertz CT molecular complexity index is 637. The minimum absolute atomic E-state index is 0.0559. The second-order valence-electron chi connectivity index (χ2n) is 4.58. The zero-order valence-electron chi connectivity index (χ0n) is 11.9. The van der Waals surface area contributed by atoms with Crippen LogP contribution in [0.2, 0.25) is 0 Å². The third-order valence-corrected chi connectivity index (χ3v) is 3.94. The van der Waals surface area contributed by atoms with Crippen LogP contribution < -0.4 is 4.74 Å². The second kappa shape index (κ2) is 7.09. The van der Waals surface area contributed by atoms with E-state index in [2.05, 4.69) is 0 Å². The van der Waals surface area contributed by atoms with Gasteiger partial charge in [0.15, 0.2) is 5.78 Å². The lowest BCUT2D eigenvalue weighted by Crippen LogP contribution is -2.19. The molecule has 0 amide bonds. The highest BCUT2D eigenvalue weighted by atomic mass is 32.2. The van der Waals surface area contributed by atoms with E-state index in [1.54, 1.807) is 31.2 Å². The van der Waals surface area contributed by atoms with Gasteiger partial charge in [-0.1, -0.05) is 30.3 Å². The Morgan fingerprint density at radius 1 is 1.05 bits per heavy atom. The standard InChI is InChI=1S/C17H16O3S/c1-12(18)14-7-6-8-15(11-14)20-17(19)13(2)21-16-9-4-3-5-10-16/h3-11,13H,1-2H3. The fourth-order valence-electron chi connectivity index (χ4n) is 1.73. The van der Waals surface area contributed by atoms with Gasteiger partial charge in [0.1, 0.15) is 11.0 Å². The molecule has 4 heteroatoms. The van der Waals surface area contributed by atoms with Crippen molar-refractivity contribution >= 4 is 23.5 Å². The molecule has 2 aromatic carbocycles. The van der Waals surface area contributed by atoms with Crippen molar-refractivity contribution in [3.05, 3.63) is 60.2 Å². The quantitative estimate of drug-likeness (QED) is 0.362. The molecule has 0 aliphatic carbocycles. The van der Waals surface area contributed by atoms with Crippen molar-refractivity contribution in [2.45, 2.75) is 24.0 Å². The van der Waals surface area contributed by atoms with Crippen LogP contribution in [-0.4, -0.2) is 17.0 Å². The van der Waals surface area contributed by atoms with E-state index in [1.807, 2.05) is 30.3 Å². The van der Waals surface area contributed by atoms with E-state index in [0.717, 1.165) is 4.90 Å². The number of rotatable bonds is 5. The lowest BCUT2D eigenvalue weighted by atomic mass is 10.1. The van der Waals surface area contributed by atoms with Crippen LogP contribution in [0.4, 0.5) is 0 Å². The van der Waals surface area contributed by atoms with Crippen molar-refractivity contribution in [2.75, 3.05) is 0 Å². The molecule has 0 aliphatic rings. The molecule has 0 heterocycles. The van der Waals surface area contributed by atoms with Gasteiger partial charge in [0.25, 0.3) is 0 Å². The summed E-state index contributed by atoms with van der Waals surface area (Å²) in [7, 11) is 0. The summed E-state index contributed by atoms with van der Waals surface area (Å²) in [5.41, 5.74) is 0.531. The van der Waals surface area contributed by atoms with Crippen LogP contribution in [0.1, 0.15) is 24.2 Å². The van der Waals surface area contributed by atoms with Crippen molar-refractivity contribution in [3.63, 3.8) is 0 Å². The smallest absolute Gasteiger partial charge is 0.324 e. The van der Waals surface area contributed by atoms with Crippen LogP contribution >= 0.6 is 11.8 Å². The first-order valence-corrected chi connectivity index (χ1v) is 7.48. The monoisotopic (exact) mass is 300 g/mol. The van der Waals surface area contributed by atoms with Crippen LogP contribution in [0.25, 0.3) is 0 Å². The first kappa shape index (κ1) is 15.3. The van der Waals surface area contributed by atoms with Crippen molar-refractivity contribution in [2.24, 2.45) is 0 Å². The Morgan fingerprint density at radius 3 is 2.43 bits per heavy atom. The zero-order chi connectivity index (χ0) is 15.2. The molecule has 0 fully saturated rings. The number of thioether (sulfide) groups is 1. The van der Waals surface area contributed by atoms with Gasteiger partial charge in [0.2, 0.25) is 0 Å². The number of hydrogen-bond donors (Lipinski definition) is 0. The predicted octanol–water partition coefficient (Wildman–Crippen LogP) is 3.98. The van der Waals surface area contributed by atoms with Crippen LogP contribution in [0, 0.1) is 0 Å². The lowest BCUT2D eigenvalue weighted by Gasteiger charge is -2.11. The van der Waals surface area contributed by atoms with Gasteiger partial charge < -0.3 is 4.74 Å². The Labute approximate surface area is 128 Å². The third kappa shape index (κ3) is 4.46. The average Bonchev–Trinajstić information content (AvgIpc) is 2.48. The Kier molecular flexibility index (Phi) is 5.17. The van der Waals surface area contributed by atoms with E-state index in [-0.39, 0.29) is 17.0 Å². The van der Waals surface area contributed by atoms with Crippen LogP contribution in [0.5, 0.6) is 5.75 Å². The number of carbonyl (C=O) groups is 2. The van der Waals surface area contributed by atoms with Crippen LogP contribution in [-0.2, 0) is 4.79 Å². The Morgan fingerprint density at radius 2 is 1.76 bits per heavy atom. The molecular formula is C17H16O3S. The number of ketones is 1. The maximum Gasteiger partial charge on any atom is 0.324 e. The molecule has 3 nitrogen and oxygen atoms in total. The first-order chi connectivity index (χ1) is 10.1. The molecule has 0 N–H and O–H groups in total. The first-order valence-electron chi connectivity index (χ1n) is 6.60. The lowest BCUT2D eigenvalue weighted by molar-refractivity contribution is -0.133. The van der Waals surface area contributed by atoms with Gasteiger partial charge in [-0.15, -0.1) is 11.8 Å². The van der Waals surface area contributed by atoms with Gasteiger partial charge in [-0.05, 0) is 38.1 Å². The maximum absolute atomic E-state index is 12.1. The molecule has 0 saturated carbocycles. The number of benzene rings is 2. The molecule has 0 bridgehead atoms. The molecule has 0 saturated heterocycles. The van der Waals surface area contributed by atoms with E-state index >= 15 is 0 Å². The molecule has 1 atom stereocenters. The van der Waals surface area contributed by atoms with Gasteiger partial charge in [-0.2, -0.15) is 0 Å². The Balaban J connectivity index is 2.00. The fraction of sp³-hybridized carbons (Fsp3) is 0.176. The summed E-state index contributed by atoms with van der Waals surface area (Å²) in [4.78, 5) is 24.4. The minimum Gasteiger partial charge on any atom is -0.426 e. The number of carbonyl (C=O) groups excluding carboxylic acids is 2. The van der Waals surface area contributed by atoms with Gasteiger partial charge in [0.05, 0.1) is 0 Å². The summed E-state index contributed by atoms with van der Waals surface area (Å²) >= 11 is 1.44. The topological polar surface area (TPSA) is 43.4 Å². The number of ether oxygens (including phenoxy) is 1. The van der Waals surface area contributed by atoms with E-state index in [9.17, 15) is 9.59 Å². The number of Topliss-reactive ketones (excluding diaryl/α,β-unsaturated/α-hetero) is 1. The van der Waals surface area contributed by atoms with Gasteiger partial charge >= 0.3 is 5.97 Å². The summed E-state index contributed by atoms with van der Waals surface area (Å²) in [6.07, 6.45) is 0. The number of esters is 1. The largest absolute Gasteiger partial charge is 0.426 e. The van der Waals surface area contributed by atoms with Crippen LogP contribution in [0.3, 0.4) is 0 Å². The van der Waals surface area contributed by atoms with E-state index in [4.69, 9.17) is 4.74 Å². The summed E-state index contributed by atoms with van der Waals surface area (Å²) in [6, 6.07) is 16.3. The van der Waals surface area contributed by atoms with Gasteiger partial charge in [0, 0.05) is 10.5 Å².